The SMILES string of the molecule is O=[N+]([O-])c1cc(C(F)(F)F)ccc1N/N=C\c1cc(I)c(OCc2cccc3ccccc23)c(I)c1. The Morgan fingerprint density at radius 1 is 1.00 bits per heavy atom. The van der Waals surface area contributed by atoms with Crippen molar-refractivity contribution < 1.29 is 22.8 Å². The highest BCUT2D eigenvalue weighted by Gasteiger charge is 2.33. The van der Waals surface area contributed by atoms with Gasteiger partial charge in [-0.2, -0.15) is 18.3 Å². The predicted molar refractivity (Wildman–Crippen MR) is 149 cm³/mol. The molecule has 11 heteroatoms. The minimum absolute atomic E-state index is 0.149. The molecule has 4 aromatic rings. The van der Waals surface area contributed by atoms with Crippen molar-refractivity contribution in [3.05, 3.63) is 107 Å². The van der Waals surface area contributed by atoms with E-state index in [1.165, 1.54) is 6.21 Å². The summed E-state index contributed by atoms with van der Waals surface area (Å²) in [4.78, 5) is 10.3. The van der Waals surface area contributed by atoms with Crippen LogP contribution < -0.4 is 10.2 Å². The zero-order chi connectivity index (χ0) is 25.9. The number of hydrazone groups is 1. The Hall–Kier alpha value is -2.94. The molecule has 4 rings (SSSR count). The highest BCUT2D eigenvalue weighted by molar-refractivity contribution is 14.1. The Morgan fingerprint density at radius 3 is 2.39 bits per heavy atom. The second kappa shape index (κ2) is 11.0. The van der Waals surface area contributed by atoms with Crippen LogP contribution in [0, 0.1) is 17.3 Å². The van der Waals surface area contributed by atoms with Crippen molar-refractivity contribution in [2.45, 2.75) is 12.8 Å². The predicted octanol–water partition coefficient (Wildman–Crippen LogP) is 8.00. The fourth-order valence-corrected chi connectivity index (χ4v) is 5.62. The lowest BCUT2D eigenvalue weighted by Crippen LogP contribution is -2.06. The third kappa shape index (κ3) is 6.06. The van der Waals surface area contributed by atoms with E-state index in [9.17, 15) is 23.3 Å². The van der Waals surface area contributed by atoms with Gasteiger partial charge in [0.2, 0.25) is 0 Å². The van der Waals surface area contributed by atoms with E-state index in [1.54, 1.807) is 0 Å². The Morgan fingerprint density at radius 2 is 1.69 bits per heavy atom. The molecule has 0 aromatic heterocycles. The third-order valence-corrected chi connectivity index (χ3v) is 6.80. The van der Waals surface area contributed by atoms with Crippen molar-refractivity contribution in [2.75, 3.05) is 5.43 Å². The Labute approximate surface area is 231 Å². The van der Waals surface area contributed by atoms with Crippen LogP contribution in [0.3, 0.4) is 0 Å². The lowest BCUT2D eigenvalue weighted by atomic mass is 10.1. The van der Waals surface area contributed by atoms with Crippen molar-refractivity contribution in [3.8, 4) is 5.75 Å². The normalized spacial score (nSPS) is 11.7. The van der Waals surface area contributed by atoms with Gasteiger partial charge in [-0.25, -0.2) is 0 Å². The van der Waals surface area contributed by atoms with Crippen molar-refractivity contribution in [1.29, 1.82) is 0 Å². The topological polar surface area (TPSA) is 76.8 Å². The standard InChI is InChI=1S/C25H16F3I2N3O3/c26-25(27,28)18-8-9-22(23(12-18)33(34)35)32-31-13-15-10-20(29)24(21(30)11-15)36-14-17-6-3-5-16-4-1-2-7-19(16)17/h1-13,32H,14H2/b31-13-. The summed E-state index contributed by atoms with van der Waals surface area (Å²) in [7, 11) is 0. The first-order valence-electron chi connectivity index (χ1n) is 10.4. The number of nitrogens with one attached hydrogen (secondary N) is 1. The van der Waals surface area contributed by atoms with Crippen LogP contribution in [0.1, 0.15) is 16.7 Å². The van der Waals surface area contributed by atoms with Crippen molar-refractivity contribution in [2.24, 2.45) is 5.10 Å². The number of halogens is 5. The van der Waals surface area contributed by atoms with E-state index in [2.05, 4.69) is 61.8 Å². The highest BCUT2D eigenvalue weighted by Crippen LogP contribution is 2.35. The van der Waals surface area contributed by atoms with Crippen molar-refractivity contribution in [3.63, 3.8) is 0 Å². The van der Waals surface area contributed by atoms with Gasteiger partial charge in [-0.05, 0) is 91.3 Å². The van der Waals surface area contributed by atoms with Crippen LogP contribution in [0.4, 0.5) is 24.5 Å². The number of hydrogen-bond acceptors (Lipinski definition) is 5. The van der Waals surface area contributed by atoms with Gasteiger partial charge in [-0.1, -0.05) is 42.5 Å². The Balaban J connectivity index is 1.49. The van der Waals surface area contributed by atoms with E-state index in [0.29, 0.717) is 24.0 Å². The van der Waals surface area contributed by atoms with Crippen LogP contribution in [0.2, 0.25) is 0 Å². The molecule has 0 saturated heterocycles. The fourth-order valence-electron chi connectivity index (χ4n) is 3.49. The lowest BCUT2D eigenvalue weighted by Gasteiger charge is -2.13. The van der Waals surface area contributed by atoms with Crippen LogP contribution in [-0.2, 0) is 12.8 Å². The monoisotopic (exact) mass is 717 g/mol. The van der Waals surface area contributed by atoms with Gasteiger partial charge in [-0.3, -0.25) is 15.5 Å². The summed E-state index contributed by atoms with van der Waals surface area (Å²) in [5, 5.41) is 17.5. The number of anilines is 1. The van der Waals surface area contributed by atoms with Gasteiger partial charge in [0.25, 0.3) is 5.69 Å². The van der Waals surface area contributed by atoms with Gasteiger partial charge in [0, 0.05) is 6.07 Å². The molecule has 184 valence electrons. The summed E-state index contributed by atoms with van der Waals surface area (Å²) in [6.07, 6.45) is -3.25. The van der Waals surface area contributed by atoms with Crippen LogP contribution >= 0.6 is 45.2 Å². The van der Waals surface area contributed by atoms with Crippen molar-refractivity contribution in [1.82, 2.24) is 0 Å². The smallest absolute Gasteiger partial charge is 0.416 e. The molecule has 1 N–H and O–H groups in total. The maximum absolute atomic E-state index is 12.9. The second-order valence-electron chi connectivity index (χ2n) is 7.60. The molecular weight excluding hydrogens is 701 g/mol. The minimum atomic E-state index is -4.68. The summed E-state index contributed by atoms with van der Waals surface area (Å²) in [6.45, 7) is 0.389. The van der Waals surface area contributed by atoms with Crippen LogP contribution in [-0.4, -0.2) is 11.1 Å². The van der Waals surface area contributed by atoms with E-state index in [-0.39, 0.29) is 5.69 Å². The molecule has 0 unspecified atom stereocenters. The first kappa shape index (κ1) is 26.1. The number of rotatable bonds is 7. The molecule has 4 aromatic carbocycles. The molecule has 0 heterocycles. The largest absolute Gasteiger partial charge is 0.487 e. The average Bonchev–Trinajstić information content (AvgIpc) is 2.83. The number of ether oxygens (including phenoxy) is 1. The van der Waals surface area contributed by atoms with E-state index >= 15 is 0 Å². The number of nitro groups is 1. The molecule has 0 aliphatic rings. The molecule has 0 radical (unpaired) electrons. The third-order valence-electron chi connectivity index (χ3n) is 5.19. The van der Waals surface area contributed by atoms with E-state index in [4.69, 9.17) is 4.74 Å². The van der Waals surface area contributed by atoms with Gasteiger partial charge < -0.3 is 4.74 Å². The molecule has 0 aliphatic carbocycles. The molecule has 0 spiro atoms. The molecule has 0 amide bonds. The molecule has 0 fully saturated rings. The zero-order valence-electron chi connectivity index (χ0n) is 18.2. The molecular formula is C25H16F3I2N3O3. The molecule has 0 aliphatic heterocycles. The quantitative estimate of drug-likeness (QED) is 0.0911. The summed E-state index contributed by atoms with van der Waals surface area (Å²) < 4.78 is 46.4. The van der Waals surface area contributed by atoms with Crippen LogP contribution in [0.5, 0.6) is 5.75 Å². The number of fused-ring (bicyclic) bond motifs is 1. The summed E-state index contributed by atoms with van der Waals surface area (Å²) in [6, 6.07) is 20.0. The fraction of sp³-hybridized carbons (Fsp3) is 0.0800. The van der Waals surface area contributed by atoms with Gasteiger partial charge in [-0.15, -0.1) is 0 Å². The minimum Gasteiger partial charge on any atom is -0.487 e. The second-order valence-corrected chi connectivity index (χ2v) is 9.92. The van der Waals surface area contributed by atoms with Gasteiger partial charge in [0.1, 0.15) is 18.0 Å². The molecule has 6 nitrogen and oxygen atoms in total. The Bertz CT molecular complexity index is 1450. The summed E-state index contributed by atoms with van der Waals surface area (Å²) in [5.41, 5.74) is 2.24. The lowest BCUT2D eigenvalue weighted by molar-refractivity contribution is -0.384. The van der Waals surface area contributed by atoms with E-state index in [1.807, 2.05) is 48.5 Å². The molecule has 0 bridgehead atoms. The molecule has 0 atom stereocenters. The first-order valence-corrected chi connectivity index (χ1v) is 12.5. The van der Waals surface area contributed by atoms with Gasteiger partial charge in [0.05, 0.1) is 23.8 Å². The maximum Gasteiger partial charge on any atom is 0.416 e. The average molecular weight is 717 g/mol. The number of alkyl halides is 3. The molecule has 0 saturated carbocycles. The van der Waals surface area contributed by atoms with Gasteiger partial charge >= 0.3 is 6.18 Å². The zero-order valence-corrected chi connectivity index (χ0v) is 22.5. The van der Waals surface area contributed by atoms with Gasteiger partial charge in [0.15, 0.2) is 0 Å². The maximum atomic E-state index is 12.9. The van der Waals surface area contributed by atoms with Crippen LogP contribution in [0.25, 0.3) is 10.8 Å². The number of nitrogens with zero attached hydrogens (tertiary/aromatic N) is 2. The summed E-state index contributed by atoms with van der Waals surface area (Å²) >= 11 is 4.31. The number of hydrogen-bond donors (Lipinski definition) is 1. The molecule has 36 heavy (non-hydrogen) atoms. The highest BCUT2D eigenvalue weighted by atomic mass is 127. The van der Waals surface area contributed by atoms with E-state index in [0.717, 1.165) is 35.6 Å². The Kier molecular flexibility index (Phi) is 7.97. The van der Waals surface area contributed by atoms with E-state index < -0.39 is 22.4 Å². The number of benzene rings is 4. The first-order chi connectivity index (χ1) is 17.1. The summed E-state index contributed by atoms with van der Waals surface area (Å²) in [5.74, 6) is 0.715. The van der Waals surface area contributed by atoms with Crippen molar-refractivity contribution >= 4 is 73.5 Å². The number of nitro benzene ring substituents is 1. The van der Waals surface area contributed by atoms with Crippen LogP contribution in [0.15, 0.2) is 77.9 Å².